The molecule has 0 atom stereocenters. The van der Waals surface area contributed by atoms with Crippen molar-refractivity contribution in [3.63, 3.8) is 0 Å². The van der Waals surface area contributed by atoms with Crippen molar-refractivity contribution < 1.29 is 4.74 Å². The molecule has 0 radical (unpaired) electrons. The van der Waals surface area contributed by atoms with Crippen LogP contribution in [0.5, 0.6) is 0 Å². The van der Waals surface area contributed by atoms with Crippen molar-refractivity contribution >= 4 is 32.5 Å². The van der Waals surface area contributed by atoms with Gasteiger partial charge in [-0.05, 0) is 24.6 Å². The molecule has 90 valence electrons. The number of ether oxygens (including phenoxy) is 1. The lowest BCUT2D eigenvalue weighted by Gasteiger charge is -2.11. The van der Waals surface area contributed by atoms with E-state index >= 15 is 0 Å². The Labute approximate surface area is 108 Å². The highest BCUT2D eigenvalue weighted by Gasteiger charge is 2.10. The SMILES string of the molecule is COCc1cc(NN)c2c(Br)ccc(C)c2n1. The molecule has 5 heteroatoms. The zero-order valence-corrected chi connectivity index (χ0v) is 11.3. The number of nitrogens with two attached hydrogens (primary N) is 1. The average Bonchev–Trinajstić information content (AvgIpc) is 2.33. The van der Waals surface area contributed by atoms with Crippen molar-refractivity contribution in [2.45, 2.75) is 13.5 Å². The van der Waals surface area contributed by atoms with Gasteiger partial charge in [0, 0.05) is 17.0 Å². The highest BCUT2D eigenvalue weighted by atomic mass is 79.9. The molecule has 0 fully saturated rings. The Bertz CT molecular complexity index is 557. The number of methoxy groups -OCH3 is 1. The Morgan fingerprint density at radius 1 is 1.47 bits per heavy atom. The number of fused-ring (bicyclic) bond motifs is 1. The van der Waals surface area contributed by atoms with Crippen molar-refractivity contribution in [1.82, 2.24) is 4.98 Å². The fourth-order valence-electron chi connectivity index (χ4n) is 1.82. The number of halogens is 1. The van der Waals surface area contributed by atoms with E-state index in [1.54, 1.807) is 7.11 Å². The monoisotopic (exact) mass is 295 g/mol. The second-order valence-corrected chi connectivity index (χ2v) is 4.68. The minimum absolute atomic E-state index is 0.469. The summed E-state index contributed by atoms with van der Waals surface area (Å²) in [5, 5.41) is 0.993. The van der Waals surface area contributed by atoms with E-state index in [0.717, 1.165) is 32.3 Å². The molecule has 4 nitrogen and oxygen atoms in total. The molecule has 3 N–H and O–H groups in total. The number of rotatable bonds is 3. The summed E-state index contributed by atoms with van der Waals surface area (Å²) in [7, 11) is 1.65. The van der Waals surface area contributed by atoms with Crippen LogP contribution in [-0.2, 0) is 11.3 Å². The number of hydrazine groups is 1. The third kappa shape index (κ3) is 2.26. The fraction of sp³-hybridized carbons (Fsp3) is 0.250. The summed E-state index contributed by atoms with van der Waals surface area (Å²) in [6, 6.07) is 5.92. The summed E-state index contributed by atoms with van der Waals surface area (Å²) < 4.78 is 6.08. The molecule has 2 rings (SSSR count). The second kappa shape index (κ2) is 5.00. The topological polar surface area (TPSA) is 60.2 Å². The van der Waals surface area contributed by atoms with E-state index in [-0.39, 0.29) is 0 Å². The van der Waals surface area contributed by atoms with Crippen molar-refractivity contribution in [2.24, 2.45) is 5.84 Å². The van der Waals surface area contributed by atoms with Gasteiger partial charge in [0.1, 0.15) is 0 Å². The number of hydrogen-bond acceptors (Lipinski definition) is 4. The molecule has 0 saturated carbocycles. The lowest BCUT2D eigenvalue weighted by molar-refractivity contribution is 0.182. The van der Waals surface area contributed by atoms with Gasteiger partial charge in [-0.15, -0.1) is 0 Å². The van der Waals surface area contributed by atoms with Gasteiger partial charge in [0.05, 0.1) is 23.5 Å². The molecule has 1 aromatic carbocycles. The molecule has 0 unspecified atom stereocenters. The molecule has 0 aliphatic heterocycles. The van der Waals surface area contributed by atoms with Crippen LogP contribution in [0.15, 0.2) is 22.7 Å². The van der Waals surface area contributed by atoms with Crippen LogP contribution >= 0.6 is 15.9 Å². The summed E-state index contributed by atoms with van der Waals surface area (Å²) in [4.78, 5) is 4.58. The van der Waals surface area contributed by atoms with Crippen LogP contribution in [0.3, 0.4) is 0 Å². The first-order valence-electron chi connectivity index (χ1n) is 5.21. The van der Waals surface area contributed by atoms with E-state index in [9.17, 15) is 0 Å². The predicted octanol–water partition coefficient (Wildman–Crippen LogP) is 2.74. The van der Waals surface area contributed by atoms with E-state index < -0.39 is 0 Å². The average molecular weight is 296 g/mol. The van der Waals surface area contributed by atoms with Crippen molar-refractivity contribution in [1.29, 1.82) is 0 Å². The molecule has 0 aliphatic carbocycles. The van der Waals surface area contributed by atoms with Crippen LogP contribution in [0, 0.1) is 6.92 Å². The first-order valence-corrected chi connectivity index (χ1v) is 6.01. The first kappa shape index (κ1) is 12.3. The number of nitrogen functional groups attached to an aromatic ring is 1. The molecule has 0 spiro atoms. The summed E-state index contributed by atoms with van der Waals surface area (Å²) in [6.45, 7) is 2.50. The molecular weight excluding hydrogens is 282 g/mol. The number of nitrogens with zero attached hydrogens (tertiary/aromatic N) is 1. The zero-order valence-electron chi connectivity index (χ0n) is 9.75. The number of aromatic nitrogens is 1. The maximum atomic E-state index is 5.56. The largest absolute Gasteiger partial charge is 0.378 e. The quantitative estimate of drug-likeness (QED) is 0.675. The molecule has 0 saturated heterocycles. The minimum Gasteiger partial charge on any atom is -0.378 e. The van der Waals surface area contributed by atoms with E-state index in [4.69, 9.17) is 10.6 Å². The Morgan fingerprint density at radius 3 is 2.88 bits per heavy atom. The number of aryl methyl sites for hydroxylation is 1. The second-order valence-electron chi connectivity index (χ2n) is 3.83. The van der Waals surface area contributed by atoms with Crippen LogP contribution in [0.4, 0.5) is 5.69 Å². The number of pyridine rings is 1. The maximum absolute atomic E-state index is 5.56. The van der Waals surface area contributed by atoms with E-state index in [1.807, 2.05) is 25.1 Å². The molecule has 2 aromatic rings. The first-order chi connectivity index (χ1) is 8.17. The fourth-order valence-corrected chi connectivity index (χ4v) is 2.35. The number of nitrogens with one attached hydrogen (secondary N) is 1. The van der Waals surface area contributed by atoms with Gasteiger partial charge < -0.3 is 10.2 Å². The predicted molar refractivity (Wildman–Crippen MR) is 72.7 cm³/mol. The lowest BCUT2D eigenvalue weighted by Crippen LogP contribution is -2.09. The van der Waals surface area contributed by atoms with Crippen molar-refractivity contribution in [3.05, 3.63) is 33.9 Å². The van der Waals surface area contributed by atoms with Gasteiger partial charge in [-0.1, -0.05) is 22.0 Å². The molecule has 0 bridgehead atoms. The van der Waals surface area contributed by atoms with Crippen molar-refractivity contribution in [2.75, 3.05) is 12.5 Å². The normalized spacial score (nSPS) is 10.8. The molecule has 17 heavy (non-hydrogen) atoms. The van der Waals surface area contributed by atoms with Gasteiger partial charge in [0.25, 0.3) is 0 Å². The van der Waals surface area contributed by atoms with Gasteiger partial charge in [-0.25, -0.2) is 4.98 Å². The highest BCUT2D eigenvalue weighted by molar-refractivity contribution is 9.10. The van der Waals surface area contributed by atoms with Crippen LogP contribution in [0.1, 0.15) is 11.3 Å². The third-order valence-electron chi connectivity index (χ3n) is 2.61. The van der Waals surface area contributed by atoms with Crippen molar-refractivity contribution in [3.8, 4) is 0 Å². The number of hydrogen-bond donors (Lipinski definition) is 2. The lowest BCUT2D eigenvalue weighted by atomic mass is 10.1. The Balaban J connectivity index is 2.77. The van der Waals surface area contributed by atoms with Crippen LogP contribution in [0.2, 0.25) is 0 Å². The van der Waals surface area contributed by atoms with Gasteiger partial charge in [-0.2, -0.15) is 0 Å². The van der Waals surface area contributed by atoms with Gasteiger partial charge >= 0.3 is 0 Å². The van der Waals surface area contributed by atoms with Crippen LogP contribution in [0.25, 0.3) is 10.9 Å². The van der Waals surface area contributed by atoms with Gasteiger partial charge in [0.15, 0.2) is 0 Å². The smallest absolute Gasteiger partial charge is 0.0885 e. The Hall–Kier alpha value is -1.17. The standard InChI is InChI=1S/C12H14BrN3O/c1-7-3-4-9(13)11-10(16-14)5-8(6-17-2)15-12(7)11/h3-5H,6,14H2,1-2H3,(H,15,16). The molecular formula is C12H14BrN3O. The van der Waals surface area contributed by atoms with Gasteiger partial charge in [-0.3, -0.25) is 5.84 Å². The highest BCUT2D eigenvalue weighted by Crippen LogP contribution is 2.32. The molecule has 0 amide bonds. The minimum atomic E-state index is 0.469. The number of benzene rings is 1. The molecule has 1 heterocycles. The third-order valence-corrected chi connectivity index (χ3v) is 3.27. The number of anilines is 1. The molecule has 0 aliphatic rings. The maximum Gasteiger partial charge on any atom is 0.0885 e. The molecule has 1 aromatic heterocycles. The van der Waals surface area contributed by atoms with E-state index in [2.05, 4.69) is 26.3 Å². The van der Waals surface area contributed by atoms with E-state index in [1.165, 1.54) is 0 Å². The van der Waals surface area contributed by atoms with Crippen LogP contribution in [-0.4, -0.2) is 12.1 Å². The van der Waals surface area contributed by atoms with Crippen LogP contribution < -0.4 is 11.3 Å². The summed E-state index contributed by atoms with van der Waals surface area (Å²) >= 11 is 3.52. The summed E-state index contributed by atoms with van der Waals surface area (Å²) in [5.74, 6) is 5.56. The zero-order chi connectivity index (χ0) is 12.4. The summed E-state index contributed by atoms with van der Waals surface area (Å²) in [6.07, 6.45) is 0. The summed E-state index contributed by atoms with van der Waals surface area (Å²) in [5.41, 5.74) is 6.45. The Morgan fingerprint density at radius 2 is 2.24 bits per heavy atom. The van der Waals surface area contributed by atoms with Gasteiger partial charge in [0.2, 0.25) is 0 Å². The van der Waals surface area contributed by atoms with E-state index in [0.29, 0.717) is 6.61 Å². The Kier molecular flexibility index (Phi) is 3.61.